The number of hydrogen-bond donors (Lipinski definition) is 1. The quantitative estimate of drug-likeness (QED) is 0.366. The molecule has 29 heavy (non-hydrogen) atoms. The van der Waals surface area contributed by atoms with Crippen molar-refractivity contribution in [3.05, 3.63) is 52.5 Å². The number of thiazole rings is 1. The first kappa shape index (κ1) is 20.5. The van der Waals surface area contributed by atoms with Crippen LogP contribution in [0.2, 0.25) is 0 Å². The van der Waals surface area contributed by atoms with Gasteiger partial charge in [-0.2, -0.15) is 0 Å². The minimum absolute atomic E-state index is 0.0181. The maximum absolute atomic E-state index is 12.1. The van der Waals surface area contributed by atoms with Crippen molar-refractivity contribution in [2.24, 2.45) is 4.99 Å². The Kier molecular flexibility index (Phi) is 6.97. The van der Waals surface area contributed by atoms with Gasteiger partial charge in [0.15, 0.2) is 4.34 Å². The molecule has 0 saturated carbocycles. The summed E-state index contributed by atoms with van der Waals surface area (Å²) in [4.78, 5) is 21.2. The molecule has 2 heterocycles. The second-order valence-electron chi connectivity index (χ2n) is 6.67. The molecule has 4 rings (SSSR count). The summed E-state index contributed by atoms with van der Waals surface area (Å²) in [6.45, 7) is 1.40. The zero-order chi connectivity index (χ0) is 20.1. The van der Waals surface area contributed by atoms with Crippen LogP contribution in [0.5, 0.6) is 0 Å². The van der Waals surface area contributed by atoms with Crippen molar-refractivity contribution in [1.82, 2.24) is 10.3 Å². The lowest BCUT2D eigenvalue weighted by Crippen LogP contribution is -2.32. The van der Waals surface area contributed by atoms with Crippen molar-refractivity contribution in [2.45, 2.75) is 23.3 Å². The summed E-state index contributed by atoms with van der Waals surface area (Å²) < 4.78 is 8.53. The molecular formula is C21H20BrN3O2S2. The topological polar surface area (TPSA) is 63.6 Å². The lowest BCUT2D eigenvalue weighted by atomic mass is 10.2. The van der Waals surface area contributed by atoms with Gasteiger partial charge in [-0.15, -0.1) is 11.3 Å². The van der Waals surface area contributed by atoms with Crippen molar-refractivity contribution < 1.29 is 9.53 Å². The Labute approximate surface area is 186 Å². The zero-order valence-electron chi connectivity index (χ0n) is 15.6. The van der Waals surface area contributed by atoms with Crippen LogP contribution in [0.4, 0.5) is 5.69 Å². The van der Waals surface area contributed by atoms with Crippen LogP contribution in [-0.4, -0.2) is 42.1 Å². The van der Waals surface area contributed by atoms with Gasteiger partial charge in [0.2, 0.25) is 5.91 Å². The van der Waals surface area contributed by atoms with Crippen LogP contribution in [0.3, 0.4) is 0 Å². The number of aromatic nitrogens is 1. The smallest absolute Gasteiger partial charge is 0.230 e. The molecule has 1 atom stereocenters. The van der Waals surface area contributed by atoms with E-state index in [4.69, 9.17) is 4.74 Å². The first-order chi connectivity index (χ1) is 14.2. The SMILES string of the molecule is O=C(CSc1nc2ccc(N=Cc3ccc(Br)cc3)cc2s1)NC[C@@H]1CCCO1. The van der Waals surface area contributed by atoms with E-state index < -0.39 is 0 Å². The van der Waals surface area contributed by atoms with E-state index in [0.29, 0.717) is 12.3 Å². The third kappa shape index (κ3) is 5.88. The highest BCUT2D eigenvalue weighted by molar-refractivity contribution is 9.10. The molecule has 0 spiro atoms. The molecule has 1 aliphatic heterocycles. The molecule has 1 aliphatic rings. The molecule has 0 bridgehead atoms. The van der Waals surface area contributed by atoms with Gasteiger partial charge in [-0.1, -0.05) is 39.8 Å². The number of aliphatic imine (C=N–C) groups is 1. The average molecular weight is 490 g/mol. The molecule has 8 heteroatoms. The maximum Gasteiger partial charge on any atom is 0.230 e. The number of thioether (sulfide) groups is 1. The van der Waals surface area contributed by atoms with Crippen LogP contribution >= 0.6 is 39.0 Å². The molecule has 0 aliphatic carbocycles. The zero-order valence-corrected chi connectivity index (χ0v) is 18.9. The lowest BCUT2D eigenvalue weighted by Gasteiger charge is -2.09. The fraction of sp³-hybridized carbons (Fsp3) is 0.286. The van der Waals surface area contributed by atoms with E-state index in [2.05, 4.69) is 31.2 Å². The Balaban J connectivity index is 1.34. The standard InChI is InChI=1S/C21H20BrN3O2S2/c22-15-5-3-14(4-6-15)11-23-16-7-8-18-19(10-16)29-21(25-18)28-13-20(26)24-12-17-2-1-9-27-17/h3-8,10-11,17H,1-2,9,12-13H2,(H,24,26)/t17-/m0/s1. The van der Waals surface area contributed by atoms with Crippen molar-refractivity contribution in [2.75, 3.05) is 18.9 Å². The predicted molar refractivity (Wildman–Crippen MR) is 124 cm³/mol. The Bertz CT molecular complexity index is 1010. The Hall–Kier alpha value is -1.74. The van der Waals surface area contributed by atoms with Crippen LogP contribution in [0.1, 0.15) is 18.4 Å². The van der Waals surface area contributed by atoms with E-state index in [1.807, 2.05) is 48.7 Å². The van der Waals surface area contributed by atoms with E-state index in [-0.39, 0.29) is 12.0 Å². The number of nitrogens with one attached hydrogen (secondary N) is 1. The second kappa shape index (κ2) is 9.84. The third-order valence-corrected chi connectivity index (χ3v) is 7.15. The molecule has 2 aromatic carbocycles. The van der Waals surface area contributed by atoms with Gasteiger partial charge in [-0.25, -0.2) is 4.98 Å². The minimum atomic E-state index is 0.0181. The van der Waals surface area contributed by atoms with Crippen molar-refractivity contribution >= 4 is 67.1 Å². The molecule has 3 aromatic rings. The number of carbonyl (C=O) groups excluding carboxylic acids is 1. The number of amides is 1. The molecule has 5 nitrogen and oxygen atoms in total. The summed E-state index contributed by atoms with van der Waals surface area (Å²) in [5.41, 5.74) is 2.86. The summed E-state index contributed by atoms with van der Waals surface area (Å²) >= 11 is 6.49. The highest BCUT2D eigenvalue weighted by Crippen LogP contribution is 2.32. The molecule has 1 fully saturated rings. The van der Waals surface area contributed by atoms with Gasteiger partial charge in [0.05, 0.1) is 27.8 Å². The monoisotopic (exact) mass is 489 g/mol. The summed E-state index contributed by atoms with van der Waals surface area (Å²) in [5.74, 6) is 0.380. The number of benzene rings is 2. The number of carbonyl (C=O) groups is 1. The number of fused-ring (bicyclic) bond motifs is 1. The first-order valence-electron chi connectivity index (χ1n) is 9.37. The van der Waals surface area contributed by atoms with Gasteiger partial charge in [0.1, 0.15) is 0 Å². The predicted octanol–water partition coefficient (Wildman–Crippen LogP) is 5.20. The molecule has 1 aromatic heterocycles. The van der Waals surface area contributed by atoms with Gasteiger partial charge in [0, 0.05) is 23.8 Å². The second-order valence-corrected chi connectivity index (χ2v) is 9.84. The molecular weight excluding hydrogens is 470 g/mol. The van der Waals surface area contributed by atoms with E-state index in [1.54, 1.807) is 11.3 Å². The average Bonchev–Trinajstić information content (AvgIpc) is 3.39. The minimum Gasteiger partial charge on any atom is -0.376 e. The Morgan fingerprint density at radius 3 is 3.00 bits per heavy atom. The van der Waals surface area contributed by atoms with Gasteiger partial charge in [-0.05, 0) is 48.7 Å². The van der Waals surface area contributed by atoms with E-state index >= 15 is 0 Å². The largest absolute Gasteiger partial charge is 0.376 e. The van der Waals surface area contributed by atoms with Crippen molar-refractivity contribution in [1.29, 1.82) is 0 Å². The lowest BCUT2D eigenvalue weighted by molar-refractivity contribution is -0.119. The Morgan fingerprint density at radius 1 is 1.34 bits per heavy atom. The molecule has 0 radical (unpaired) electrons. The normalized spacial score (nSPS) is 16.7. The van der Waals surface area contributed by atoms with E-state index in [1.165, 1.54) is 11.8 Å². The van der Waals surface area contributed by atoms with Crippen molar-refractivity contribution in [3.63, 3.8) is 0 Å². The summed E-state index contributed by atoms with van der Waals surface area (Å²) in [7, 11) is 0. The van der Waals surface area contributed by atoms with Gasteiger partial charge in [-0.3, -0.25) is 9.79 Å². The van der Waals surface area contributed by atoms with Crippen LogP contribution in [0, 0.1) is 0 Å². The fourth-order valence-electron chi connectivity index (χ4n) is 2.94. The molecule has 150 valence electrons. The summed E-state index contributed by atoms with van der Waals surface area (Å²) in [6, 6.07) is 14.0. The number of hydrogen-bond acceptors (Lipinski definition) is 6. The third-order valence-electron chi connectivity index (χ3n) is 4.46. The van der Waals surface area contributed by atoms with Crippen LogP contribution in [0.15, 0.2) is 56.3 Å². The van der Waals surface area contributed by atoms with Crippen LogP contribution in [-0.2, 0) is 9.53 Å². The maximum atomic E-state index is 12.1. The van der Waals surface area contributed by atoms with Crippen LogP contribution in [0.25, 0.3) is 10.2 Å². The molecule has 0 unspecified atom stereocenters. The fourth-order valence-corrected chi connectivity index (χ4v) is 5.14. The van der Waals surface area contributed by atoms with Gasteiger partial charge in [0.25, 0.3) is 0 Å². The van der Waals surface area contributed by atoms with Crippen molar-refractivity contribution in [3.8, 4) is 0 Å². The van der Waals surface area contributed by atoms with Gasteiger partial charge < -0.3 is 10.1 Å². The van der Waals surface area contributed by atoms with Gasteiger partial charge >= 0.3 is 0 Å². The molecule has 1 amide bonds. The number of halogens is 1. The van der Waals surface area contributed by atoms with Crippen LogP contribution < -0.4 is 5.32 Å². The first-order valence-corrected chi connectivity index (χ1v) is 12.0. The Morgan fingerprint density at radius 2 is 2.21 bits per heavy atom. The number of ether oxygens (including phenoxy) is 1. The number of rotatable bonds is 7. The number of nitrogens with zero attached hydrogens (tertiary/aromatic N) is 2. The molecule has 1 saturated heterocycles. The highest BCUT2D eigenvalue weighted by atomic mass is 79.9. The summed E-state index contributed by atoms with van der Waals surface area (Å²) in [5, 5.41) is 2.94. The van der Waals surface area contributed by atoms with E-state index in [0.717, 1.165) is 49.7 Å². The molecule has 1 N–H and O–H groups in total. The summed E-state index contributed by atoms with van der Waals surface area (Å²) in [6.07, 6.45) is 4.12. The highest BCUT2D eigenvalue weighted by Gasteiger charge is 2.16. The van der Waals surface area contributed by atoms with E-state index in [9.17, 15) is 4.79 Å².